The van der Waals surface area contributed by atoms with E-state index in [0.717, 1.165) is 12.8 Å². The molecule has 1 amide bonds. The zero-order valence-electron chi connectivity index (χ0n) is 12.5. The molecule has 1 aromatic rings. The minimum atomic E-state index is -0.520. The number of nitro benzene ring substituents is 1. The Hall–Kier alpha value is -1.66. The number of carbonyl (C=O) groups is 1. The highest BCUT2D eigenvalue weighted by molar-refractivity contribution is 6.34. The van der Waals surface area contributed by atoms with Crippen LogP contribution in [0.2, 0.25) is 5.02 Å². The minimum absolute atomic E-state index is 0.0951. The zero-order chi connectivity index (χ0) is 16.1. The number of non-ortho nitro benzene ring substituents is 1. The third-order valence-corrected chi connectivity index (χ3v) is 4.34. The Morgan fingerprint density at radius 1 is 1.41 bits per heavy atom. The maximum absolute atomic E-state index is 12.1. The van der Waals surface area contributed by atoms with E-state index in [-0.39, 0.29) is 23.2 Å². The van der Waals surface area contributed by atoms with Crippen LogP contribution in [0.4, 0.5) is 11.4 Å². The Bertz CT molecular complexity index is 559. The molecule has 1 N–H and O–H groups in total. The SMILES string of the molecule is CN(CC(=O)Nc1ccc([N+](=O)[O-])cc1Cl)C1CCCCC1. The second-order valence-corrected chi connectivity index (χ2v) is 6.08. The molecule has 0 bridgehead atoms. The second kappa shape index (κ2) is 7.56. The molecule has 0 aliphatic heterocycles. The first kappa shape index (κ1) is 16.7. The molecule has 1 fully saturated rings. The van der Waals surface area contributed by atoms with Crippen LogP contribution in [0, 0.1) is 10.1 Å². The number of nitro groups is 1. The molecule has 6 nitrogen and oxygen atoms in total. The van der Waals surface area contributed by atoms with Crippen molar-refractivity contribution in [2.45, 2.75) is 38.1 Å². The van der Waals surface area contributed by atoms with Crippen molar-refractivity contribution >= 4 is 28.9 Å². The summed E-state index contributed by atoms with van der Waals surface area (Å²) < 4.78 is 0. The van der Waals surface area contributed by atoms with Crippen LogP contribution in [0.5, 0.6) is 0 Å². The number of likely N-dealkylation sites (N-methyl/N-ethyl adjacent to an activating group) is 1. The molecule has 0 radical (unpaired) electrons. The highest BCUT2D eigenvalue weighted by Gasteiger charge is 2.20. The van der Waals surface area contributed by atoms with E-state index in [1.807, 2.05) is 7.05 Å². The number of nitrogens with zero attached hydrogens (tertiary/aromatic N) is 2. The zero-order valence-corrected chi connectivity index (χ0v) is 13.3. The van der Waals surface area contributed by atoms with Gasteiger partial charge in [0.15, 0.2) is 0 Å². The van der Waals surface area contributed by atoms with Gasteiger partial charge in [0.25, 0.3) is 5.69 Å². The fourth-order valence-electron chi connectivity index (χ4n) is 2.79. The van der Waals surface area contributed by atoms with E-state index in [2.05, 4.69) is 10.2 Å². The number of hydrogen-bond acceptors (Lipinski definition) is 4. The predicted octanol–water partition coefficient (Wildman–Crippen LogP) is 3.45. The summed E-state index contributed by atoms with van der Waals surface area (Å²) in [6.45, 7) is 0.290. The van der Waals surface area contributed by atoms with Crippen LogP contribution >= 0.6 is 11.6 Å². The first-order chi connectivity index (χ1) is 10.5. The topological polar surface area (TPSA) is 75.5 Å². The van der Waals surface area contributed by atoms with Crippen LogP contribution in [0.25, 0.3) is 0 Å². The van der Waals surface area contributed by atoms with Gasteiger partial charge in [-0.25, -0.2) is 0 Å². The summed E-state index contributed by atoms with van der Waals surface area (Å²) in [6.07, 6.45) is 5.95. The summed E-state index contributed by atoms with van der Waals surface area (Å²) in [4.78, 5) is 24.3. The summed E-state index contributed by atoms with van der Waals surface area (Å²) in [5.41, 5.74) is 0.302. The number of hydrogen-bond donors (Lipinski definition) is 1. The van der Waals surface area contributed by atoms with Crippen molar-refractivity contribution < 1.29 is 9.72 Å². The van der Waals surface area contributed by atoms with E-state index in [1.54, 1.807) is 0 Å². The van der Waals surface area contributed by atoms with Gasteiger partial charge in [-0.2, -0.15) is 0 Å². The van der Waals surface area contributed by atoms with Crippen molar-refractivity contribution in [1.82, 2.24) is 4.90 Å². The van der Waals surface area contributed by atoms with Crippen molar-refractivity contribution in [2.24, 2.45) is 0 Å². The molecule has 0 aromatic heterocycles. The average molecular weight is 326 g/mol. The lowest BCUT2D eigenvalue weighted by atomic mass is 9.94. The molecule has 0 unspecified atom stereocenters. The molecule has 22 heavy (non-hydrogen) atoms. The largest absolute Gasteiger partial charge is 0.324 e. The smallest absolute Gasteiger partial charge is 0.271 e. The number of anilines is 1. The Balaban J connectivity index is 1.92. The maximum atomic E-state index is 12.1. The van der Waals surface area contributed by atoms with Crippen molar-refractivity contribution in [1.29, 1.82) is 0 Å². The summed E-state index contributed by atoms with van der Waals surface area (Å²) in [5, 5.41) is 13.5. The fraction of sp³-hybridized carbons (Fsp3) is 0.533. The molecular weight excluding hydrogens is 306 g/mol. The molecule has 1 aromatic carbocycles. The van der Waals surface area contributed by atoms with Gasteiger partial charge in [0.2, 0.25) is 5.91 Å². The summed E-state index contributed by atoms with van der Waals surface area (Å²) in [7, 11) is 1.95. The number of nitrogens with one attached hydrogen (secondary N) is 1. The lowest BCUT2D eigenvalue weighted by molar-refractivity contribution is -0.384. The van der Waals surface area contributed by atoms with Crippen LogP contribution in [-0.2, 0) is 4.79 Å². The fourth-order valence-corrected chi connectivity index (χ4v) is 3.01. The number of benzene rings is 1. The minimum Gasteiger partial charge on any atom is -0.324 e. The van der Waals surface area contributed by atoms with Crippen LogP contribution < -0.4 is 5.32 Å². The molecular formula is C15H20ClN3O3. The molecule has 2 rings (SSSR count). The standard InChI is InChI=1S/C15H20ClN3O3/c1-18(11-5-3-2-4-6-11)10-15(20)17-14-8-7-12(19(21)22)9-13(14)16/h7-9,11H,2-6,10H2,1H3,(H,17,20). The average Bonchev–Trinajstić information content (AvgIpc) is 2.50. The summed E-state index contributed by atoms with van der Waals surface area (Å²) in [6, 6.07) is 4.47. The number of halogens is 1. The van der Waals surface area contributed by atoms with E-state index in [9.17, 15) is 14.9 Å². The number of carbonyl (C=O) groups excluding carboxylic acids is 1. The Morgan fingerprint density at radius 2 is 2.09 bits per heavy atom. The first-order valence-electron chi connectivity index (χ1n) is 7.41. The van der Waals surface area contributed by atoms with Gasteiger partial charge in [-0.1, -0.05) is 30.9 Å². The molecule has 7 heteroatoms. The second-order valence-electron chi connectivity index (χ2n) is 5.68. The lowest BCUT2D eigenvalue weighted by Crippen LogP contribution is -2.39. The van der Waals surface area contributed by atoms with E-state index in [1.165, 1.54) is 37.5 Å². The lowest BCUT2D eigenvalue weighted by Gasteiger charge is -2.30. The molecule has 1 aliphatic rings. The van der Waals surface area contributed by atoms with Crippen molar-refractivity contribution in [3.05, 3.63) is 33.3 Å². The highest BCUT2D eigenvalue weighted by atomic mass is 35.5. The van der Waals surface area contributed by atoms with Gasteiger partial charge in [-0.15, -0.1) is 0 Å². The molecule has 0 heterocycles. The van der Waals surface area contributed by atoms with Gasteiger partial charge in [-0.05, 0) is 26.0 Å². The number of rotatable bonds is 5. The predicted molar refractivity (Wildman–Crippen MR) is 86.2 cm³/mol. The molecule has 0 spiro atoms. The Labute approximate surface area is 134 Å². The van der Waals surface area contributed by atoms with Crippen LogP contribution in [0.15, 0.2) is 18.2 Å². The molecule has 0 atom stereocenters. The van der Waals surface area contributed by atoms with E-state index < -0.39 is 4.92 Å². The molecule has 1 aliphatic carbocycles. The van der Waals surface area contributed by atoms with Gasteiger partial charge >= 0.3 is 0 Å². The Morgan fingerprint density at radius 3 is 2.68 bits per heavy atom. The summed E-state index contributed by atoms with van der Waals surface area (Å²) >= 11 is 5.97. The van der Waals surface area contributed by atoms with Crippen LogP contribution in [0.1, 0.15) is 32.1 Å². The molecule has 1 saturated carbocycles. The van der Waals surface area contributed by atoms with E-state index in [0.29, 0.717) is 11.7 Å². The van der Waals surface area contributed by atoms with Crippen molar-refractivity contribution in [3.63, 3.8) is 0 Å². The van der Waals surface area contributed by atoms with Gasteiger partial charge < -0.3 is 5.32 Å². The quantitative estimate of drug-likeness (QED) is 0.664. The van der Waals surface area contributed by atoms with Crippen molar-refractivity contribution in [2.75, 3.05) is 18.9 Å². The van der Waals surface area contributed by atoms with Crippen molar-refractivity contribution in [3.8, 4) is 0 Å². The highest BCUT2D eigenvalue weighted by Crippen LogP contribution is 2.27. The summed E-state index contributed by atoms with van der Waals surface area (Å²) in [5.74, 6) is -0.163. The molecule has 0 saturated heterocycles. The normalized spacial score (nSPS) is 15.8. The van der Waals surface area contributed by atoms with Gasteiger partial charge in [-0.3, -0.25) is 19.8 Å². The van der Waals surface area contributed by atoms with Gasteiger partial charge in [0.05, 0.1) is 22.2 Å². The third kappa shape index (κ3) is 4.42. The van der Waals surface area contributed by atoms with E-state index >= 15 is 0 Å². The van der Waals surface area contributed by atoms with Crippen LogP contribution in [0.3, 0.4) is 0 Å². The number of amides is 1. The monoisotopic (exact) mass is 325 g/mol. The van der Waals surface area contributed by atoms with Gasteiger partial charge in [0.1, 0.15) is 0 Å². The third-order valence-electron chi connectivity index (χ3n) is 4.03. The van der Waals surface area contributed by atoms with Crippen LogP contribution in [-0.4, -0.2) is 35.4 Å². The molecule has 120 valence electrons. The van der Waals surface area contributed by atoms with E-state index in [4.69, 9.17) is 11.6 Å². The van der Waals surface area contributed by atoms with Gasteiger partial charge in [0, 0.05) is 18.2 Å². The maximum Gasteiger partial charge on any atom is 0.271 e. The first-order valence-corrected chi connectivity index (χ1v) is 7.79. The Kier molecular flexibility index (Phi) is 5.74.